The van der Waals surface area contributed by atoms with Crippen LogP contribution in [-0.2, 0) is 17.6 Å². The van der Waals surface area contributed by atoms with Crippen LogP contribution in [0, 0.1) is 18.6 Å². The predicted molar refractivity (Wildman–Crippen MR) is 185 cm³/mol. The highest BCUT2D eigenvalue weighted by molar-refractivity contribution is 6.00. The van der Waals surface area contributed by atoms with E-state index in [1.54, 1.807) is 38.2 Å². The highest BCUT2D eigenvalue weighted by Gasteiger charge is 2.24. The molecule has 3 aromatic rings. The molecular weight excluding hydrogens is 632 g/mol. The number of carbonyl (C=O) groups excluding carboxylic acids is 3. The van der Waals surface area contributed by atoms with Crippen LogP contribution < -0.4 is 20.1 Å². The Balaban J connectivity index is 1.67. The van der Waals surface area contributed by atoms with Gasteiger partial charge in [0.25, 0.3) is 11.8 Å². The Morgan fingerprint density at radius 3 is 2.14 bits per heavy atom. The number of nitrogens with one attached hydrogen (secondary N) is 2. The Morgan fingerprint density at radius 1 is 0.857 bits per heavy atom. The van der Waals surface area contributed by atoms with Crippen molar-refractivity contribution in [3.63, 3.8) is 0 Å². The molecule has 0 heterocycles. The number of rotatable bonds is 19. The van der Waals surface area contributed by atoms with Crippen molar-refractivity contribution < 1.29 is 37.7 Å². The zero-order chi connectivity index (χ0) is 35.9. The van der Waals surface area contributed by atoms with Gasteiger partial charge in [0.15, 0.2) is 11.5 Å². The van der Waals surface area contributed by atoms with E-state index in [2.05, 4.69) is 10.6 Å². The number of aliphatic hydroxyl groups excluding tert-OH is 1. The third kappa shape index (κ3) is 12.2. The SMILES string of the molecule is CCCN(CCC)C(=O)c1cc(C)cc(C(=O)N[C@@H](Cc2cc(F)cc(F)c2)[C@H](O)CCNC(=O)CCCc2ccc(OC)c(OC)c2)c1. The van der Waals surface area contributed by atoms with Crippen LogP contribution in [0.15, 0.2) is 54.6 Å². The van der Waals surface area contributed by atoms with Crippen molar-refractivity contribution in [1.29, 1.82) is 0 Å². The number of aryl methyl sites for hydroxylation is 2. The zero-order valence-electron chi connectivity index (χ0n) is 29.1. The molecule has 11 heteroatoms. The molecule has 0 radical (unpaired) electrons. The number of ether oxygens (including phenoxy) is 2. The molecule has 266 valence electrons. The van der Waals surface area contributed by atoms with Crippen LogP contribution in [0.1, 0.15) is 83.4 Å². The standard InChI is InChI=1S/C38H49F2N3O6/c1-6-15-43(16-7-2)38(47)29-18-25(3)17-28(23-29)37(46)42-32(21-27-19-30(39)24-31(40)20-27)33(44)13-14-41-36(45)10-8-9-26-11-12-34(48-4)35(22-26)49-5/h11-12,17-20,22-24,32-33,44H,6-10,13-16,21H2,1-5H3,(H,41,45)(H,42,46)/t32-,33+/m0/s1. The van der Waals surface area contributed by atoms with E-state index in [1.807, 2.05) is 32.0 Å². The molecule has 2 atom stereocenters. The first kappa shape index (κ1) is 38.9. The van der Waals surface area contributed by atoms with Crippen molar-refractivity contribution >= 4 is 17.7 Å². The Kier molecular flexibility index (Phi) is 15.5. The van der Waals surface area contributed by atoms with E-state index in [0.29, 0.717) is 48.6 Å². The normalized spacial score (nSPS) is 12.2. The molecular formula is C38H49F2N3O6. The van der Waals surface area contributed by atoms with Crippen molar-refractivity contribution in [1.82, 2.24) is 15.5 Å². The molecule has 0 saturated heterocycles. The molecule has 0 aliphatic carbocycles. The van der Waals surface area contributed by atoms with E-state index in [-0.39, 0.29) is 48.7 Å². The van der Waals surface area contributed by atoms with Gasteiger partial charge >= 0.3 is 0 Å². The predicted octanol–water partition coefficient (Wildman–Crippen LogP) is 5.78. The second-order valence-electron chi connectivity index (χ2n) is 12.2. The number of hydrogen-bond acceptors (Lipinski definition) is 6. The van der Waals surface area contributed by atoms with Gasteiger partial charge in [-0.25, -0.2) is 8.78 Å². The second kappa shape index (κ2) is 19.5. The molecule has 49 heavy (non-hydrogen) atoms. The van der Waals surface area contributed by atoms with Gasteiger partial charge in [0.2, 0.25) is 5.91 Å². The molecule has 0 unspecified atom stereocenters. The van der Waals surface area contributed by atoms with Crippen LogP contribution in [0.25, 0.3) is 0 Å². The van der Waals surface area contributed by atoms with Crippen molar-refractivity contribution in [2.24, 2.45) is 0 Å². The summed E-state index contributed by atoms with van der Waals surface area (Å²) >= 11 is 0. The third-order valence-corrected chi connectivity index (χ3v) is 8.10. The van der Waals surface area contributed by atoms with E-state index in [0.717, 1.165) is 36.6 Å². The number of halogens is 2. The molecule has 3 amide bonds. The fourth-order valence-electron chi connectivity index (χ4n) is 5.73. The second-order valence-corrected chi connectivity index (χ2v) is 12.2. The van der Waals surface area contributed by atoms with E-state index in [1.165, 1.54) is 6.07 Å². The molecule has 0 aromatic heterocycles. The summed E-state index contributed by atoms with van der Waals surface area (Å²) in [5.74, 6) is -1.23. The minimum Gasteiger partial charge on any atom is -0.493 e. The third-order valence-electron chi connectivity index (χ3n) is 8.10. The van der Waals surface area contributed by atoms with Crippen LogP contribution in [0.2, 0.25) is 0 Å². The molecule has 3 aromatic carbocycles. The summed E-state index contributed by atoms with van der Waals surface area (Å²) in [4.78, 5) is 41.2. The lowest BCUT2D eigenvalue weighted by atomic mass is 9.97. The van der Waals surface area contributed by atoms with Gasteiger partial charge in [0, 0.05) is 43.2 Å². The Bertz CT molecular complexity index is 1540. The lowest BCUT2D eigenvalue weighted by Gasteiger charge is -2.25. The fourth-order valence-corrected chi connectivity index (χ4v) is 5.73. The van der Waals surface area contributed by atoms with E-state index in [9.17, 15) is 28.3 Å². The molecule has 3 rings (SSSR count). The number of benzene rings is 3. The Labute approximate surface area is 288 Å². The van der Waals surface area contributed by atoms with Crippen LogP contribution in [-0.4, -0.2) is 73.7 Å². The first-order valence-corrected chi connectivity index (χ1v) is 16.8. The minimum absolute atomic E-state index is 0.0702. The van der Waals surface area contributed by atoms with Gasteiger partial charge in [-0.3, -0.25) is 14.4 Å². The number of methoxy groups -OCH3 is 2. The summed E-state index contributed by atoms with van der Waals surface area (Å²) in [6.45, 7) is 7.08. The van der Waals surface area contributed by atoms with Crippen molar-refractivity contribution in [3.8, 4) is 11.5 Å². The maximum atomic E-state index is 14.0. The topological polar surface area (TPSA) is 117 Å². The average Bonchev–Trinajstić information content (AvgIpc) is 3.06. The summed E-state index contributed by atoms with van der Waals surface area (Å²) in [5.41, 5.74) is 2.56. The van der Waals surface area contributed by atoms with Crippen molar-refractivity contribution in [2.75, 3.05) is 33.9 Å². The molecule has 3 N–H and O–H groups in total. The fraction of sp³-hybridized carbons (Fsp3) is 0.447. The number of hydrogen-bond donors (Lipinski definition) is 3. The first-order chi connectivity index (χ1) is 23.5. The summed E-state index contributed by atoms with van der Waals surface area (Å²) in [6.07, 6.45) is 1.92. The summed E-state index contributed by atoms with van der Waals surface area (Å²) in [5, 5.41) is 16.8. The maximum absolute atomic E-state index is 14.0. The molecule has 0 saturated carbocycles. The van der Waals surface area contributed by atoms with E-state index >= 15 is 0 Å². The van der Waals surface area contributed by atoms with Crippen LogP contribution in [0.4, 0.5) is 8.78 Å². The van der Waals surface area contributed by atoms with Gasteiger partial charge in [0.05, 0.1) is 26.4 Å². The maximum Gasteiger partial charge on any atom is 0.253 e. The Hall–Kier alpha value is -4.51. The first-order valence-electron chi connectivity index (χ1n) is 16.8. The van der Waals surface area contributed by atoms with E-state index in [4.69, 9.17) is 9.47 Å². The van der Waals surface area contributed by atoms with Gasteiger partial charge < -0.3 is 30.1 Å². The van der Waals surface area contributed by atoms with E-state index < -0.39 is 29.7 Å². The van der Waals surface area contributed by atoms with Crippen molar-refractivity contribution in [2.45, 2.75) is 77.9 Å². The lowest BCUT2D eigenvalue weighted by molar-refractivity contribution is -0.121. The quantitative estimate of drug-likeness (QED) is 0.148. The zero-order valence-corrected chi connectivity index (χ0v) is 29.1. The molecule has 0 bridgehead atoms. The summed E-state index contributed by atoms with van der Waals surface area (Å²) in [7, 11) is 3.13. The number of nitrogens with zero attached hydrogens (tertiary/aromatic N) is 1. The summed E-state index contributed by atoms with van der Waals surface area (Å²) < 4.78 is 38.7. The molecule has 0 aliphatic heterocycles. The van der Waals surface area contributed by atoms with Crippen LogP contribution in [0.3, 0.4) is 0 Å². The van der Waals surface area contributed by atoms with Gasteiger partial charge in [-0.15, -0.1) is 0 Å². The monoisotopic (exact) mass is 681 g/mol. The van der Waals surface area contributed by atoms with Gasteiger partial charge in [-0.1, -0.05) is 19.9 Å². The van der Waals surface area contributed by atoms with Crippen molar-refractivity contribution in [3.05, 3.63) is 94.0 Å². The molecule has 0 spiro atoms. The highest BCUT2D eigenvalue weighted by atomic mass is 19.1. The largest absolute Gasteiger partial charge is 0.493 e. The number of amides is 3. The molecule has 0 fully saturated rings. The molecule has 0 aliphatic rings. The number of carbonyl (C=O) groups is 3. The smallest absolute Gasteiger partial charge is 0.253 e. The minimum atomic E-state index is -1.17. The lowest BCUT2D eigenvalue weighted by Crippen LogP contribution is -2.46. The summed E-state index contributed by atoms with van der Waals surface area (Å²) in [6, 6.07) is 12.6. The number of aliphatic hydroxyl groups is 1. The van der Waals surface area contributed by atoms with Gasteiger partial charge in [0.1, 0.15) is 11.6 Å². The average molecular weight is 682 g/mol. The Morgan fingerprint density at radius 2 is 1.51 bits per heavy atom. The van der Waals surface area contributed by atoms with Crippen LogP contribution >= 0.6 is 0 Å². The van der Waals surface area contributed by atoms with Gasteiger partial charge in [-0.2, -0.15) is 0 Å². The van der Waals surface area contributed by atoms with Crippen LogP contribution in [0.5, 0.6) is 11.5 Å². The van der Waals surface area contributed by atoms with Gasteiger partial charge in [-0.05, 0) is 105 Å². The molecule has 9 nitrogen and oxygen atoms in total. The highest BCUT2D eigenvalue weighted by Crippen LogP contribution is 2.28.